The molecule has 34 heavy (non-hydrogen) atoms. The van der Waals surface area contributed by atoms with Crippen molar-refractivity contribution < 1.29 is 0 Å². The van der Waals surface area contributed by atoms with Crippen LogP contribution in [0.4, 0.5) is 0 Å². The Morgan fingerprint density at radius 3 is 2.21 bits per heavy atom. The van der Waals surface area contributed by atoms with E-state index in [1.165, 1.54) is 0 Å². The first-order chi connectivity index (χ1) is 16.8. The maximum atomic E-state index is 9.45. The van der Waals surface area contributed by atoms with Gasteiger partial charge in [0, 0.05) is 53.0 Å². The van der Waals surface area contributed by atoms with Gasteiger partial charge in [-0.2, -0.15) is 20.5 Å². The molecule has 0 fully saturated rings. The lowest BCUT2D eigenvalue weighted by Crippen LogP contribution is -2.20. The van der Waals surface area contributed by atoms with Crippen LogP contribution < -0.4 is 10.7 Å². The van der Waals surface area contributed by atoms with Gasteiger partial charge in [0.05, 0.1) is 33.5 Å². The number of aliphatic imine (C=N–C) groups is 2. The van der Waals surface area contributed by atoms with Gasteiger partial charge in [0.2, 0.25) is 12.4 Å². The maximum Gasteiger partial charge on any atom is 0.206 e. The zero-order valence-corrected chi connectivity index (χ0v) is 17.6. The normalized spacial score (nSPS) is 17.8. The van der Waals surface area contributed by atoms with Crippen molar-refractivity contribution in [1.29, 1.82) is 10.5 Å². The molecular formula is C26H12N8. The van der Waals surface area contributed by atoms with E-state index < -0.39 is 0 Å². The van der Waals surface area contributed by atoms with Crippen LogP contribution in [0.5, 0.6) is 0 Å². The Kier molecular flexibility index (Phi) is 3.65. The Morgan fingerprint density at radius 1 is 0.765 bits per heavy atom. The van der Waals surface area contributed by atoms with Gasteiger partial charge in [-0.3, -0.25) is 20.0 Å². The van der Waals surface area contributed by atoms with Crippen LogP contribution in [0.15, 0.2) is 62.3 Å². The third kappa shape index (κ3) is 2.39. The molecule has 2 aliphatic rings. The monoisotopic (exact) mass is 436 g/mol. The summed E-state index contributed by atoms with van der Waals surface area (Å²) in [5.41, 5.74) is 4.36. The molecule has 1 aliphatic carbocycles. The first-order valence-electron chi connectivity index (χ1n) is 10.7. The molecule has 0 amide bonds. The van der Waals surface area contributed by atoms with Gasteiger partial charge in [-0.05, 0) is 52.1 Å². The highest BCUT2D eigenvalue weighted by Gasteiger charge is 2.27. The van der Waals surface area contributed by atoms with Crippen LogP contribution in [0.1, 0.15) is 11.1 Å². The molecular weight excluding hydrogens is 424 g/mol. The molecule has 1 aromatic heterocycles. The molecule has 7 rings (SSSR count). The number of nitriles is 2. The van der Waals surface area contributed by atoms with Gasteiger partial charge < -0.3 is 0 Å². The number of benzene rings is 2. The molecule has 0 N–H and O–H groups in total. The summed E-state index contributed by atoms with van der Waals surface area (Å²) >= 11 is 0. The lowest BCUT2D eigenvalue weighted by atomic mass is 9.93. The van der Waals surface area contributed by atoms with Gasteiger partial charge in [0.15, 0.2) is 0 Å². The minimum atomic E-state index is -0.0572. The van der Waals surface area contributed by atoms with Crippen LogP contribution in [0.3, 0.4) is 0 Å². The summed E-state index contributed by atoms with van der Waals surface area (Å²) in [6.45, 7) is 0. The summed E-state index contributed by atoms with van der Waals surface area (Å²) in [7, 11) is 0. The topological polar surface area (TPSA) is 123 Å². The first-order valence-corrected chi connectivity index (χ1v) is 10.7. The van der Waals surface area contributed by atoms with Crippen molar-refractivity contribution in [3.63, 3.8) is 0 Å². The summed E-state index contributed by atoms with van der Waals surface area (Å²) in [6, 6.07) is 7.97. The number of aromatic nitrogens is 2. The van der Waals surface area contributed by atoms with E-state index in [1.807, 2.05) is 30.6 Å². The standard InChI is InChI=1S/C26H12N8/c27-11-33-25-17-6-14-16-8-22-24(32-4-2-30-22)10-20(16)26(34-12-28)18(14)5-13(17)15-7-21-23(9-19(15)25)31-3-1-29-21/h1-7,9-10,22H,8H2/b33-25-,34-26-. The Hall–Kier alpha value is -5.08. The van der Waals surface area contributed by atoms with Crippen molar-refractivity contribution in [3.8, 4) is 12.4 Å². The Bertz CT molecular complexity index is 2020. The van der Waals surface area contributed by atoms with Gasteiger partial charge in [0.1, 0.15) is 0 Å². The second-order valence-corrected chi connectivity index (χ2v) is 8.26. The molecule has 8 heteroatoms. The molecule has 1 atom stereocenters. The van der Waals surface area contributed by atoms with Crippen molar-refractivity contribution in [2.75, 3.05) is 0 Å². The van der Waals surface area contributed by atoms with Gasteiger partial charge in [-0.25, -0.2) is 0 Å². The third-order valence-corrected chi connectivity index (χ3v) is 6.64. The highest BCUT2D eigenvalue weighted by Crippen LogP contribution is 2.36. The van der Waals surface area contributed by atoms with Crippen molar-refractivity contribution >= 4 is 61.9 Å². The SMILES string of the molecule is N#C/N=c1\c2cc3nccnc3cc2c2cc3/c(=N/C#N)c4c(c3cc12)CC1N=CC=NC1=C4. The summed E-state index contributed by atoms with van der Waals surface area (Å²) in [5, 5.41) is 25.6. The van der Waals surface area contributed by atoms with Crippen LogP contribution in [-0.2, 0) is 6.42 Å². The third-order valence-electron chi connectivity index (χ3n) is 6.64. The van der Waals surface area contributed by atoms with Crippen LogP contribution in [-0.4, -0.2) is 28.4 Å². The Labute approximate surface area is 191 Å². The predicted octanol–water partition coefficient (Wildman–Crippen LogP) is 3.15. The van der Waals surface area contributed by atoms with Crippen molar-refractivity contribution in [2.24, 2.45) is 20.0 Å². The highest BCUT2D eigenvalue weighted by molar-refractivity contribution is 6.19. The van der Waals surface area contributed by atoms with Crippen LogP contribution in [0.2, 0.25) is 0 Å². The van der Waals surface area contributed by atoms with E-state index >= 15 is 0 Å². The van der Waals surface area contributed by atoms with E-state index in [-0.39, 0.29) is 6.04 Å². The van der Waals surface area contributed by atoms with E-state index in [1.54, 1.807) is 24.8 Å². The predicted molar refractivity (Wildman–Crippen MR) is 129 cm³/mol. The fourth-order valence-corrected chi connectivity index (χ4v) is 5.24. The molecule has 0 saturated heterocycles. The fraction of sp³-hybridized carbons (Fsp3) is 0.0769. The minimum absolute atomic E-state index is 0.0572. The molecule has 0 saturated carbocycles. The summed E-state index contributed by atoms with van der Waals surface area (Å²) in [6.07, 6.45) is 13.3. The van der Waals surface area contributed by atoms with Gasteiger partial charge in [-0.15, -0.1) is 0 Å². The number of hydrogen-bond acceptors (Lipinski definition) is 8. The molecule has 1 aliphatic heterocycles. The molecule has 8 nitrogen and oxygen atoms in total. The van der Waals surface area contributed by atoms with Crippen molar-refractivity contribution in [1.82, 2.24) is 9.97 Å². The number of nitrogens with zero attached hydrogens (tertiary/aromatic N) is 8. The Balaban J connectivity index is 1.68. The van der Waals surface area contributed by atoms with Gasteiger partial charge in [-0.1, -0.05) is 0 Å². The molecule has 0 spiro atoms. The summed E-state index contributed by atoms with van der Waals surface area (Å²) in [4.78, 5) is 26.3. The second kappa shape index (κ2) is 6.71. The molecule has 2 heterocycles. The van der Waals surface area contributed by atoms with Crippen molar-refractivity contribution in [2.45, 2.75) is 12.5 Å². The fourth-order valence-electron chi connectivity index (χ4n) is 5.24. The molecule has 156 valence electrons. The highest BCUT2D eigenvalue weighted by atomic mass is 14.9. The largest absolute Gasteiger partial charge is 0.282 e. The van der Waals surface area contributed by atoms with E-state index in [0.29, 0.717) is 17.1 Å². The summed E-state index contributed by atoms with van der Waals surface area (Å²) < 4.78 is 0. The average molecular weight is 436 g/mol. The maximum absolute atomic E-state index is 9.45. The number of fused-ring (bicyclic) bond motifs is 8. The summed E-state index contributed by atoms with van der Waals surface area (Å²) in [5.74, 6) is 0. The first kappa shape index (κ1) is 18.5. The minimum Gasteiger partial charge on any atom is -0.282 e. The van der Waals surface area contributed by atoms with Crippen molar-refractivity contribution in [3.05, 3.63) is 64.2 Å². The Morgan fingerprint density at radius 2 is 1.41 bits per heavy atom. The van der Waals surface area contributed by atoms with Gasteiger partial charge in [0.25, 0.3) is 0 Å². The van der Waals surface area contributed by atoms with E-state index in [0.717, 1.165) is 60.2 Å². The lowest BCUT2D eigenvalue weighted by Gasteiger charge is -2.20. The van der Waals surface area contributed by atoms with Crippen LogP contribution in [0, 0.1) is 22.9 Å². The molecule has 0 bridgehead atoms. The number of rotatable bonds is 0. The lowest BCUT2D eigenvalue weighted by molar-refractivity contribution is 0.756. The van der Waals surface area contributed by atoms with Gasteiger partial charge >= 0.3 is 0 Å². The zero-order valence-electron chi connectivity index (χ0n) is 17.6. The average Bonchev–Trinajstić information content (AvgIpc) is 3.32. The van der Waals surface area contributed by atoms with Crippen LogP contribution in [0.25, 0.3) is 49.4 Å². The van der Waals surface area contributed by atoms with E-state index in [9.17, 15) is 10.5 Å². The second-order valence-electron chi connectivity index (χ2n) is 8.26. The van der Waals surface area contributed by atoms with Crippen LogP contribution >= 0.6 is 0 Å². The van der Waals surface area contributed by atoms with E-state index in [4.69, 9.17) is 0 Å². The zero-order chi connectivity index (χ0) is 22.8. The molecule has 1 unspecified atom stereocenters. The number of hydrogen-bond donors (Lipinski definition) is 0. The smallest absolute Gasteiger partial charge is 0.206 e. The van der Waals surface area contributed by atoms with E-state index in [2.05, 4.69) is 42.1 Å². The quantitative estimate of drug-likeness (QED) is 0.346. The molecule has 5 aromatic rings. The molecule has 4 aromatic carbocycles. The molecule has 0 radical (unpaired) electrons.